The second-order valence-electron chi connectivity index (χ2n) is 5.62. The van der Waals surface area contributed by atoms with Gasteiger partial charge in [0, 0.05) is 12.5 Å². The first-order valence-electron chi connectivity index (χ1n) is 7.24. The van der Waals surface area contributed by atoms with Gasteiger partial charge in [-0.3, -0.25) is 4.99 Å². The van der Waals surface area contributed by atoms with Crippen LogP contribution in [0.5, 0.6) is 0 Å². The molecule has 0 amide bonds. The number of nitrogens with zero attached hydrogens (tertiary/aromatic N) is 1. The van der Waals surface area contributed by atoms with Gasteiger partial charge < -0.3 is 9.84 Å². The van der Waals surface area contributed by atoms with Gasteiger partial charge in [-0.15, -0.1) is 22.7 Å². The zero-order valence-electron chi connectivity index (χ0n) is 11.8. The smallest absolute Gasteiger partial charge is 0.350 e. The van der Waals surface area contributed by atoms with Gasteiger partial charge in [-0.1, -0.05) is 12.1 Å². The highest BCUT2D eigenvalue weighted by molar-refractivity contribution is 7.12. The molecule has 2 atom stereocenters. The van der Waals surface area contributed by atoms with Gasteiger partial charge in [0.1, 0.15) is 6.10 Å². The summed E-state index contributed by atoms with van der Waals surface area (Å²) in [6, 6.07) is 7.19. The fraction of sp³-hybridized carbons (Fsp3) is 0.375. The molecule has 0 radical (unpaired) electrons. The maximum Gasteiger partial charge on any atom is 0.350 e. The number of aliphatic imine (C=N–C) groups is 1. The lowest BCUT2D eigenvalue weighted by atomic mass is 9.75. The van der Waals surface area contributed by atoms with Crippen LogP contribution in [0.1, 0.15) is 22.6 Å². The molecule has 22 heavy (non-hydrogen) atoms. The summed E-state index contributed by atoms with van der Waals surface area (Å²) in [7, 11) is 0. The van der Waals surface area contributed by atoms with Crippen molar-refractivity contribution >= 4 is 34.4 Å². The Morgan fingerprint density at radius 3 is 2.41 bits per heavy atom. The molecule has 114 valence electrons. The van der Waals surface area contributed by atoms with E-state index in [1.54, 1.807) is 12.1 Å². The van der Waals surface area contributed by atoms with Crippen molar-refractivity contribution in [2.24, 2.45) is 10.9 Å². The summed E-state index contributed by atoms with van der Waals surface area (Å²) in [5.74, 6) is -0.228. The fourth-order valence-corrected chi connectivity index (χ4v) is 4.76. The van der Waals surface area contributed by atoms with E-state index in [1.807, 2.05) is 22.9 Å². The number of thiophene rings is 2. The summed E-state index contributed by atoms with van der Waals surface area (Å²) in [4.78, 5) is 18.4. The van der Waals surface area contributed by atoms with E-state index >= 15 is 0 Å². The molecular weight excluding hydrogens is 318 g/mol. The Labute approximate surface area is 136 Å². The predicted octanol–water partition coefficient (Wildman–Crippen LogP) is 2.82. The lowest BCUT2D eigenvalue weighted by Gasteiger charge is -2.42. The summed E-state index contributed by atoms with van der Waals surface area (Å²) >= 11 is 2.71. The number of aliphatic hydroxyl groups is 1. The first-order valence-corrected chi connectivity index (χ1v) is 9.00. The molecule has 0 unspecified atom stereocenters. The van der Waals surface area contributed by atoms with E-state index in [0.29, 0.717) is 15.7 Å². The minimum atomic E-state index is -1.72. The van der Waals surface area contributed by atoms with Crippen LogP contribution in [-0.4, -0.2) is 29.4 Å². The van der Waals surface area contributed by atoms with E-state index < -0.39 is 11.6 Å². The first kappa shape index (κ1) is 14.1. The van der Waals surface area contributed by atoms with Crippen molar-refractivity contribution in [2.45, 2.75) is 24.5 Å². The Bertz CT molecular complexity index is 672. The van der Waals surface area contributed by atoms with E-state index in [9.17, 15) is 9.90 Å². The summed E-state index contributed by atoms with van der Waals surface area (Å²) in [5, 5.41) is 14.8. The van der Waals surface area contributed by atoms with Crippen LogP contribution in [-0.2, 0) is 15.1 Å². The summed E-state index contributed by atoms with van der Waals surface area (Å²) < 4.78 is 5.66. The Balaban J connectivity index is 1.65. The lowest BCUT2D eigenvalue weighted by molar-refractivity contribution is -0.168. The molecule has 3 heterocycles. The number of ether oxygens (including phenoxy) is 1. The van der Waals surface area contributed by atoms with Crippen molar-refractivity contribution in [3.63, 3.8) is 0 Å². The van der Waals surface area contributed by atoms with Gasteiger partial charge >= 0.3 is 5.97 Å². The number of hydrogen-bond acceptors (Lipinski definition) is 6. The highest BCUT2D eigenvalue weighted by atomic mass is 32.1. The van der Waals surface area contributed by atoms with E-state index in [1.165, 1.54) is 22.7 Å². The molecule has 2 aromatic rings. The van der Waals surface area contributed by atoms with Crippen LogP contribution in [0.15, 0.2) is 40.0 Å². The van der Waals surface area contributed by atoms with Gasteiger partial charge in [-0.05, 0) is 35.7 Å². The van der Waals surface area contributed by atoms with Crippen molar-refractivity contribution < 1.29 is 14.6 Å². The topological polar surface area (TPSA) is 58.9 Å². The summed E-state index contributed by atoms with van der Waals surface area (Å²) in [6.45, 7) is 0.828. The highest BCUT2D eigenvalue weighted by Gasteiger charge is 2.49. The Morgan fingerprint density at radius 2 is 1.95 bits per heavy atom. The van der Waals surface area contributed by atoms with E-state index in [2.05, 4.69) is 4.99 Å². The first-order chi connectivity index (χ1) is 10.7. The standard InChI is InChI=1S/C16H15NO3S2/c18-15(20-14-10-5-6-17-11(14)9-10)16(19,12-3-1-7-21-12)13-4-2-8-22-13/h1-4,7-8,10,14,19H,5-6,9H2/t10-,14-/m1/s1. The molecule has 1 fully saturated rings. The number of carbonyl (C=O) groups excluding carboxylic acids is 1. The van der Waals surface area contributed by atoms with Crippen LogP contribution >= 0.6 is 22.7 Å². The number of esters is 1. The van der Waals surface area contributed by atoms with Gasteiger partial charge in [0.05, 0.1) is 15.5 Å². The second kappa shape index (κ2) is 5.30. The molecule has 0 saturated heterocycles. The van der Waals surface area contributed by atoms with Crippen molar-refractivity contribution in [3.05, 3.63) is 44.8 Å². The molecule has 2 aromatic heterocycles. The van der Waals surface area contributed by atoms with E-state index in [0.717, 1.165) is 25.1 Å². The molecular formula is C16H15NO3S2. The molecule has 1 saturated carbocycles. The molecule has 4 nitrogen and oxygen atoms in total. The SMILES string of the molecule is O=C(O[C@H]1C2=NCC[C@@H]1C2)C(O)(c1cccs1)c1cccs1. The second-order valence-corrected chi connectivity index (χ2v) is 7.51. The Hall–Kier alpha value is -1.50. The lowest BCUT2D eigenvalue weighted by Crippen LogP contribution is -2.51. The third kappa shape index (κ3) is 2.06. The van der Waals surface area contributed by atoms with Crippen LogP contribution < -0.4 is 0 Å². The Kier molecular flexibility index (Phi) is 3.40. The van der Waals surface area contributed by atoms with Crippen LogP contribution in [0, 0.1) is 5.92 Å². The predicted molar refractivity (Wildman–Crippen MR) is 86.5 cm³/mol. The number of rotatable bonds is 4. The maximum absolute atomic E-state index is 12.8. The quantitative estimate of drug-likeness (QED) is 0.875. The fourth-order valence-electron chi connectivity index (χ4n) is 3.04. The molecule has 0 aromatic carbocycles. The van der Waals surface area contributed by atoms with E-state index in [4.69, 9.17) is 4.74 Å². The minimum Gasteiger partial charge on any atom is -0.453 e. The average molecular weight is 333 g/mol. The van der Waals surface area contributed by atoms with Crippen LogP contribution in [0.3, 0.4) is 0 Å². The summed E-state index contributed by atoms with van der Waals surface area (Å²) in [6.07, 6.45) is 1.64. The Morgan fingerprint density at radius 1 is 1.27 bits per heavy atom. The highest BCUT2D eigenvalue weighted by Crippen LogP contribution is 2.40. The average Bonchev–Trinajstić information content (AvgIpc) is 3.25. The van der Waals surface area contributed by atoms with Gasteiger partial charge in [-0.25, -0.2) is 4.79 Å². The zero-order valence-corrected chi connectivity index (χ0v) is 13.4. The summed E-state index contributed by atoms with van der Waals surface area (Å²) in [5.41, 5.74) is -0.753. The van der Waals surface area contributed by atoms with Gasteiger partial charge in [0.15, 0.2) is 0 Å². The number of carbonyl (C=O) groups is 1. The van der Waals surface area contributed by atoms with Gasteiger partial charge in [-0.2, -0.15) is 0 Å². The number of fused-ring (bicyclic) bond motifs is 2. The molecule has 1 aliphatic heterocycles. The molecule has 6 heteroatoms. The number of hydrogen-bond donors (Lipinski definition) is 1. The van der Waals surface area contributed by atoms with Gasteiger partial charge in [0.2, 0.25) is 5.60 Å². The van der Waals surface area contributed by atoms with E-state index in [-0.39, 0.29) is 6.10 Å². The molecule has 1 N–H and O–H groups in total. The molecule has 0 spiro atoms. The van der Waals surface area contributed by atoms with Crippen LogP contribution in [0.4, 0.5) is 0 Å². The molecule has 1 aliphatic carbocycles. The third-order valence-electron chi connectivity index (χ3n) is 4.33. The molecule has 2 aliphatic rings. The van der Waals surface area contributed by atoms with Crippen LogP contribution in [0.25, 0.3) is 0 Å². The van der Waals surface area contributed by atoms with Crippen molar-refractivity contribution in [1.29, 1.82) is 0 Å². The zero-order chi connectivity index (χ0) is 15.2. The van der Waals surface area contributed by atoms with Crippen molar-refractivity contribution in [3.8, 4) is 0 Å². The largest absolute Gasteiger partial charge is 0.453 e. The van der Waals surface area contributed by atoms with Crippen LogP contribution in [0.2, 0.25) is 0 Å². The van der Waals surface area contributed by atoms with Crippen molar-refractivity contribution in [1.82, 2.24) is 0 Å². The molecule has 2 bridgehead atoms. The van der Waals surface area contributed by atoms with Gasteiger partial charge in [0.25, 0.3) is 0 Å². The third-order valence-corrected chi connectivity index (χ3v) is 6.28. The maximum atomic E-state index is 12.8. The normalized spacial score (nSPS) is 23.6. The van der Waals surface area contributed by atoms with Crippen molar-refractivity contribution in [2.75, 3.05) is 6.54 Å². The molecule has 4 rings (SSSR count). The minimum absolute atomic E-state index is 0.243. The monoisotopic (exact) mass is 333 g/mol.